The molecule has 1 aliphatic rings. The van der Waals surface area contributed by atoms with Gasteiger partial charge in [0.25, 0.3) is 0 Å². The highest BCUT2D eigenvalue weighted by Crippen LogP contribution is 2.19. The van der Waals surface area contributed by atoms with Gasteiger partial charge in [-0.3, -0.25) is 9.52 Å². The molecular weight excluding hydrogens is 296 g/mol. The van der Waals surface area contributed by atoms with Crippen LogP contribution in [0.15, 0.2) is 29.2 Å². The van der Waals surface area contributed by atoms with Gasteiger partial charge >= 0.3 is 0 Å². The van der Waals surface area contributed by atoms with Gasteiger partial charge in [-0.15, -0.1) is 0 Å². The Morgan fingerprint density at radius 3 is 2.77 bits per heavy atom. The first-order valence-electron chi connectivity index (χ1n) is 8.20. The van der Waals surface area contributed by atoms with Crippen LogP contribution in [0.1, 0.15) is 39.0 Å². The van der Waals surface area contributed by atoms with Crippen molar-refractivity contribution < 1.29 is 9.53 Å². The average molecular weight is 322 g/mol. The Balaban J connectivity index is 1.57. The van der Waals surface area contributed by atoms with Crippen molar-refractivity contribution in [3.05, 3.63) is 24.3 Å². The van der Waals surface area contributed by atoms with Gasteiger partial charge in [0, 0.05) is 31.0 Å². The Labute approximate surface area is 137 Å². The molecule has 1 amide bonds. The molecule has 1 aliphatic heterocycles. The molecule has 0 saturated carbocycles. The molecule has 22 heavy (non-hydrogen) atoms. The van der Waals surface area contributed by atoms with E-state index in [1.165, 1.54) is 4.90 Å². The lowest BCUT2D eigenvalue weighted by Crippen LogP contribution is -2.27. The minimum atomic E-state index is 0.311. The molecule has 4 nitrogen and oxygen atoms in total. The number of nitrogens with zero attached hydrogens (tertiary/aromatic N) is 1. The smallest absolute Gasteiger partial charge is 0.222 e. The Morgan fingerprint density at radius 1 is 1.27 bits per heavy atom. The lowest BCUT2D eigenvalue weighted by Gasteiger charge is -2.15. The summed E-state index contributed by atoms with van der Waals surface area (Å²) in [5, 5.41) is 0. The van der Waals surface area contributed by atoms with Crippen molar-refractivity contribution in [3.63, 3.8) is 0 Å². The third-order valence-corrected chi connectivity index (χ3v) is 4.51. The lowest BCUT2D eigenvalue weighted by atomic mass is 10.3. The van der Waals surface area contributed by atoms with E-state index >= 15 is 0 Å². The monoisotopic (exact) mass is 322 g/mol. The summed E-state index contributed by atoms with van der Waals surface area (Å²) in [7, 11) is 0. The lowest BCUT2D eigenvalue weighted by molar-refractivity contribution is -0.127. The summed E-state index contributed by atoms with van der Waals surface area (Å²) in [6, 6.07) is 8.18. The molecule has 1 aromatic carbocycles. The highest BCUT2D eigenvalue weighted by Gasteiger charge is 2.18. The van der Waals surface area contributed by atoms with E-state index in [0.717, 1.165) is 64.1 Å². The molecule has 2 rings (SSSR count). The van der Waals surface area contributed by atoms with E-state index in [1.807, 2.05) is 17.0 Å². The first-order chi connectivity index (χ1) is 10.8. The van der Waals surface area contributed by atoms with Gasteiger partial charge in [0.15, 0.2) is 0 Å². The summed E-state index contributed by atoms with van der Waals surface area (Å²) >= 11 is 1.63. The number of hydrogen-bond acceptors (Lipinski definition) is 4. The van der Waals surface area contributed by atoms with Gasteiger partial charge in [-0.25, -0.2) is 0 Å². The topological polar surface area (TPSA) is 41.6 Å². The highest BCUT2D eigenvalue weighted by atomic mass is 32.2. The molecule has 0 unspecified atom stereocenters. The van der Waals surface area contributed by atoms with E-state index in [1.54, 1.807) is 11.9 Å². The molecule has 1 aromatic rings. The summed E-state index contributed by atoms with van der Waals surface area (Å²) in [4.78, 5) is 14.6. The van der Waals surface area contributed by atoms with Crippen LogP contribution in [0, 0.1) is 0 Å². The predicted octanol–water partition coefficient (Wildman–Crippen LogP) is 3.47. The average Bonchev–Trinajstić information content (AvgIpc) is 2.94. The minimum absolute atomic E-state index is 0.311. The normalized spacial score (nSPS) is 14.6. The predicted molar refractivity (Wildman–Crippen MR) is 91.1 cm³/mol. The van der Waals surface area contributed by atoms with Crippen molar-refractivity contribution in [1.82, 2.24) is 9.62 Å². The van der Waals surface area contributed by atoms with Crippen LogP contribution >= 0.6 is 11.9 Å². The van der Waals surface area contributed by atoms with Gasteiger partial charge in [0.1, 0.15) is 5.75 Å². The number of carbonyl (C=O) groups is 1. The van der Waals surface area contributed by atoms with E-state index in [2.05, 4.69) is 23.8 Å². The van der Waals surface area contributed by atoms with Crippen LogP contribution in [0.4, 0.5) is 0 Å². The molecule has 0 spiro atoms. The summed E-state index contributed by atoms with van der Waals surface area (Å²) in [5.41, 5.74) is 0. The molecule has 122 valence electrons. The van der Waals surface area contributed by atoms with Crippen molar-refractivity contribution in [2.75, 3.05) is 26.2 Å². The summed E-state index contributed by atoms with van der Waals surface area (Å²) in [6.07, 6.45) is 5.00. The maximum Gasteiger partial charge on any atom is 0.222 e. The standard InChI is InChI=1S/C17H26N2O2S/c1-2-3-14-21-15-7-9-16(10-8-15)22-18-11-5-13-19-12-4-6-17(19)20/h7-10,18H,2-6,11-14H2,1H3. The molecule has 1 fully saturated rings. The molecule has 1 saturated heterocycles. The van der Waals surface area contributed by atoms with Gasteiger partial charge in [0.2, 0.25) is 5.91 Å². The molecule has 0 aliphatic carbocycles. The number of unbranched alkanes of at least 4 members (excludes halogenated alkanes) is 1. The zero-order chi connectivity index (χ0) is 15.6. The number of hydrogen-bond donors (Lipinski definition) is 1. The van der Waals surface area contributed by atoms with Gasteiger partial charge in [-0.2, -0.15) is 0 Å². The van der Waals surface area contributed by atoms with Crippen LogP contribution in [-0.2, 0) is 4.79 Å². The van der Waals surface area contributed by atoms with Crippen LogP contribution in [0.2, 0.25) is 0 Å². The van der Waals surface area contributed by atoms with Crippen LogP contribution in [0.5, 0.6) is 5.75 Å². The number of rotatable bonds is 10. The van der Waals surface area contributed by atoms with Gasteiger partial charge in [-0.1, -0.05) is 13.3 Å². The van der Waals surface area contributed by atoms with Crippen molar-refractivity contribution in [2.45, 2.75) is 43.9 Å². The zero-order valence-electron chi connectivity index (χ0n) is 13.3. The third kappa shape index (κ3) is 5.89. The maximum atomic E-state index is 11.5. The zero-order valence-corrected chi connectivity index (χ0v) is 14.2. The SMILES string of the molecule is CCCCOc1ccc(SNCCCN2CCCC2=O)cc1. The number of benzene rings is 1. The Kier molecular flexibility index (Phi) is 7.60. The van der Waals surface area contributed by atoms with Crippen LogP contribution in [0.25, 0.3) is 0 Å². The number of amides is 1. The van der Waals surface area contributed by atoms with Crippen molar-refractivity contribution in [2.24, 2.45) is 0 Å². The van der Waals surface area contributed by atoms with Crippen LogP contribution in [-0.4, -0.2) is 37.0 Å². The minimum Gasteiger partial charge on any atom is -0.494 e. The van der Waals surface area contributed by atoms with Crippen molar-refractivity contribution >= 4 is 17.9 Å². The molecule has 0 aromatic heterocycles. The van der Waals surface area contributed by atoms with Crippen molar-refractivity contribution in [1.29, 1.82) is 0 Å². The Hall–Kier alpha value is -1.20. The quantitative estimate of drug-likeness (QED) is 0.529. The summed E-state index contributed by atoms with van der Waals surface area (Å²) < 4.78 is 8.99. The fourth-order valence-corrected chi connectivity index (χ4v) is 3.04. The number of carbonyl (C=O) groups excluding carboxylic acids is 1. The molecular formula is C17H26N2O2S. The second-order valence-electron chi connectivity index (χ2n) is 5.51. The fraction of sp³-hybridized carbons (Fsp3) is 0.588. The summed E-state index contributed by atoms with van der Waals surface area (Å²) in [6.45, 7) is 5.66. The molecule has 0 radical (unpaired) electrons. The largest absolute Gasteiger partial charge is 0.494 e. The first kappa shape index (κ1) is 17.2. The van der Waals surface area contributed by atoms with Crippen molar-refractivity contribution in [3.8, 4) is 5.75 Å². The van der Waals surface area contributed by atoms with E-state index in [4.69, 9.17) is 4.74 Å². The Morgan fingerprint density at radius 2 is 2.09 bits per heavy atom. The fourth-order valence-electron chi connectivity index (χ4n) is 2.36. The van der Waals surface area contributed by atoms with Gasteiger partial charge in [0.05, 0.1) is 6.61 Å². The molecule has 1 N–H and O–H groups in total. The third-order valence-electron chi connectivity index (χ3n) is 3.66. The van der Waals surface area contributed by atoms with E-state index < -0.39 is 0 Å². The molecule has 1 heterocycles. The molecule has 5 heteroatoms. The second-order valence-corrected chi connectivity index (χ2v) is 6.47. The number of ether oxygens (including phenoxy) is 1. The molecule has 0 atom stereocenters. The number of nitrogens with one attached hydrogen (secondary N) is 1. The van der Waals surface area contributed by atoms with Crippen LogP contribution in [0.3, 0.4) is 0 Å². The van der Waals surface area contributed by atoms with E-state index in [-0.39, 0.29) is 0 Å². The second kappa shape index (κ2) is 9.74. The highest BCUT2D eigenvalue weighted by molar-refractivity contribution is 7.97. The van der Waals surface area contributed by atoms with Crippen LogP contribution < -0.4 is 9.46 Å². The Bertz CT molecular complexity index is 450. The van der Waals surface area contributed by atoms with E-state index in [9.17, 15) is 4.79 Å². The first-order valence-corrected chi connectivity index (χ1v) is 9.01. The number of likely N-dealkylation sites (tertiary alicyclic amines) is 1. The van der Waals surface area contributed by atoms with Gasteiger partial charge < -0.3 is 9.64 Å². The summed E-state index contributed by atoms with van der Waals surface area (Å²) in [5.74, 6) is 1.25. The van der Waals surface area contributed by atoms with Gasteiger partial charge in [-0.05, 0) is 55.5 Å². The molecule has 0 bridgehead atoms. The maximum absolute atomic E-state index is 11.5. The van der Waals surface area contributed by atoms with E-state index in [0.29, 0.717) is 5.91 Å².